The molecule has 3 aromatic rings. The number of ether oxygens (including phenoxy) is 2. The third-order valence-corrected chi connectivity index (χ3v) is 6.43. The number of nitrogens with zero attached hydrogens (tertiary/aromatic N) is 7. The van der Waals surface area contributed by atoms with Gasteiger partial charge in [0.2, 0.25) is 0 Å². The van der Waals surface area contributed by atoms with Gasteiger partial charge in [-0.05, 0) is 18.6 Å². The van der Waals surface area contributed by atoms with E-state index in [2.05, 4.69) is 30.9 Å². The van der Waals surface area contributed by atoms with Gasteiger partial charge in [0.1, 0.15) is 6.33 Å². The predicted octanol–water partition coefficient (Wildman–Crippen LogP) is 1.66. The van der Waals surface area contributed by atoms with Crippen LogP contribution in [0.25, 0.3) is 11.4 Å². The number of benzene rings is 1. The highest BCUT2D eigenvalue weighted by Gasteiger charge is 2.33. The summed E-state index contributed by atoms with van der Waals surface area (Å²) in [5, 5.41) is 18.6. The van der Waals surface area contributed by atoms with Gasteiger partial charge in [0.05, 0.1) is 30.7 Å². The van der Waals surface area contributed by atoms with E-state index in [1.807, 2.05) is 23.1 Å². The van der Waals surface area contributed by atoms with E-state index in [-0.39, 0.29) is 11.7 Å². The second-order valence-corrected chi connectivity index (χ2v) is 8.91. The zero-order chi connectivity index (χ0) is 25.9. The van der Waals surface area contributed by atoms with E-state index in [1.54, 1.807) is 36.1 Å². The van der Waals surface area contributed by atoms with E-state index in [1.165, 1.54) is 7.05 Å². The molecular weight excluding hydrogens is 478 g/mol. The standard InChI is InChI=1S/C24H29N9O4/c1-25-23(34)20-18(27-17-6-4-5-16(21(17)36-3)22-26-14-31(2)30-22)11-19(28-29-20)33-9-8-32(24(33)35)12-15-7-10-37-13-15/h4-6,11,14-15H,7-10,12-13H2,1-3H3,(H,25,34)(H,27,28). The van der Waals surface area contributed by atoms with Crippen LogP contribution in [0, 0.1) is 5.92 Å². The molecule has 2 N–H and O–H groups in total. The van der Waals surface area contributed by atoms with Crippen LogP contribution >= 0.6 is 0 Å². The van der Waals surface area contributed by atoms with Gasteiger partial charge in [-0.1, -0.05) is 6.07 Å². The molecule has 2 saturated heterocycles. The molecule has 1 unspecified atom stereocenters. The summed E-state index contributed by atoms with van der Waals surface area (Å²) in [5.74, 6) is 1.28. The maximum Gasteiger partial charge on any atom is 0.325 e. The van der Waals surface area contributed by atoms with Gasteiger partial charge in [0, 0.05) is 52.3 Å². The third kappa shape index (κ3) is 4.89. The Kier molecular flexibility index (Phi) is 6.86. The lowest BCUT2D eigenvalue weighted by atomic mass is 10.1. The third-order valence-electron chi connectivity index (χ3n) is 6.43. The molecule has 1 atom stereocenters. The van der Waals surface area contributed by atoms with Crippen molar-refractivity contribution < 1.29 is 19.1 Å². The van der Waals surface area contributed by atoms with E-state index < -0.39 is 5.91 Å². The first-order chi connectivity index (χ1) is 18.0. The molecule has 4 heterocycles. The van der Waals surface area contributed by atoms with Crippen LogP contribution in [0.1, 0.15) is 16.9 Å². The highest BCUT2D eigenvalue weighted by atomic mass is 16.5. The predicted molar refractivity (Wildman–Crippen MR) is 135 cm³/mol. The van der Waals surface area contributed by atoms with Crippen molar-refractivity contribution in [3.63, 3.8) is 0 Å². The summed E-state index contributed by atoms with van der Waals surface area (Å²) >= 11 is 0. The van der Waals surface area contributed by atoms with Crippen molar-refractivity contribution in [2.75, 3.05) is 57.2 Å². The Morgan fingerprint density at radius 2 is 2.11 bits per heavy atom. The molecule has 5 rings (SSSR count). The summed E-state index contributed by atoms with van der Waals surface area (Å²) in [7, 11) is 4.85. The normalized spacial score (nSPS) is 17.4. The highest BCUT2D eigenvalue weighted by Crippen LogP contribution is 2.37. The molecule has 0 saturated carbocycles. The summed E-state index contributed by atoms with van der Waals surface area (Å²) in [6.45, 7) is 3.12. The molecule has 0 aliphatic carbocycles. The van der Waals surface area contributed by atoms with Crippen molar-refractivity contribution >= 4 is 29.1 Å². The Balaban J connectivity index is 1.46. The first-order valence-electron chi connectivity index (χ1n) is 12.0. The van der Waals surface area contributed by atoms with Gasteiger partial charge >= 0.3 is 6.03 Å². The van der Waals surface area contributed by atoms with Crippen molar-refractivity contribution in [3.8, 4) is 17.1 Å². The smallest absolute Gasteiger partial charge is 0.325 e. The molecular formula is C24H29N9O4. The van der Waals surface area contributed by atoms with Crippen LogP contribution in [0.15, 0.2) is 30.6 Å². The lowest BCUT2D eigenvalue weighted by molar-refractivity contribution is 0.0958. The number of aryl methyl sites for hydroxylation is 1. The van der Waals surface area contributed by atoms with Crippen molar-refractivity contribution in [2.24, 2.45) is 13.0 Å². The summed E-state index contributed by atoms with van der Waals surface area (Å²) in [5.41, 5.74) is 1.72. The number of methoxy groups -OCH3 is 1. The van der Waals surface area contributed by atoms with Crippen LogP contribution in [0.3, 0.4) is 0 Å². The number of urea groups is 1. The number of anilines is 3. The SMILES string of the molecule is CNC(=O)c1nnc(N2CCN(CC3CCOC3)C2=O)cc1Nc1cccc(-c2ncn(C)n2)c1OC. The molecule has 37 heavy (non-hydrogen) atoms. The second-order valence-electron chi connectivity index (χ2n) is 8.91. The molecule has 2 aliphatic heterocycles. The van der Waals surface area contributed by atoms with Crippen molar-refractivity contribution in [2.45, 2.75) is 6.42 Å². The van der Waals surface area contributed by atoms with Gasteiger partial charge in [-0.25, -0.2) is 9.78 Å². The number of hydrogen-bond acceptors (Lipinski definition) is 9. The zero-order valence-corrected chi connectivity index (χ0v) is 21.0. The fourth-order valence-corrected chi connectivity index (χ4v) is 4.54. The number of carbonyl (C=O) groups excluding carboxylic acids is 2. The Hall–Kier alpha value is -4.26. The molecule has 3 amide bonds. The lowest BCUT2D eigenvalue weighted by Crippen LogP contribution is -2.35. The van der Waals surface area contributed by atoms with E-state index in [9.17, 15) is 9.59 Å². The van der Waals surface area contributed by atoms with Gasteiger partial charge < -0.3 is 25.0 Å². The number of rotatable bonds is 8. The van der Waals surface area contributed by atoms with Gasteiger partial charge in [-0.2, -0.15) is 5.10 Å². The van der Waals surface area contributed by atoms with Crippen molar-refractivity contribution in [3.05, 3.63) is 36.3 Å². The molecule has 194 valence electrons. The maximum absolute atomic E-state index is 13.1. The van der Waals surface area contributed by atoms with Crippen LogP contribution < -0.4 is 20.3 Å². The topological polar surface area (TPSA) is 140 Å². The Bertz CT molecular complexity index is 1310. The van der Waals surface area contributed by atoms with Crippen LogP contribution in [0.5, 0.6) is 5.75 Å². The molecule has 0 radical (unpaired) electrons. The van der Waals surface area contributed by atoms with E-state index in [0.29, 0.717) is 66.5 Å². The largest absolute Gasteiger partial charge is 0.494 e. The number of hydrogen-bond donors (Lipinski definition) is 2. The summed E-state index contributed by atoms with van der Waals surface area (Å²) in [4.78, 5) is 33.5. The van der Waals surface area contributed by atoms with Crippen LogP contribution in [-0.2, 0) is 11.8 Å². The number of nitrogens with one attached hydrogen (secondary N) is 2. The second kappa shape index (κ2) is 10.4. The van der Waals surface area contributed by atoms with E-state index in [4.69, 9.17) is 9.47 Å². The van der Waals surface area contributed by atoms with E-state index >= 15 is 0 Å². The fourth-order valence-electron chi connectivity index (χ4n) is 4.54. The summed E-state index contributed by atoms with van der Waals surface area (Å²) in [6.07, 6.45) is 2.56. The molecule has 13 nitrogen and oxygen atoms in total. The Labute approximate surface area is 213 Å². The molecule has 0 spiro atoms. The molecule has 2 aliphatic rings. The number of amides is 3. The first-order valence-corrected chi connectivity index (χ1v) is 12.0. The number of aromatic nitrogens is 5. The quantitative estimate of drug-likeness (QED) is 0.466. The van der Waals surface area contributed by atoms with Gasteiger partial charge in [-0.3, -0.25) is 14.4 Å². The minimum Gasteiger partial charge on any atom is -0.494 e. The zero-order valence-electron chi connectivity index (χ0n) is 21.0. The van der Waals surface area contributed by atoms with Gasteiger partial charge in [-0.15, -0.1) is 10.2 Å². The molecule has 2 fully saturated rings. The lowest BCUT2D eigenvalue weighted by Gasteiger charge is -2.21. The first kappa shape index (κ1) is 24.4. The fraction of sp³-hybridized carbons (Fsp3) is 0.417. The Morgan fingerprint density at radius 3 is 2.81 bits per heavy atom. The van der Waals surface area contributed by atoms with Gasteiger partial charge in [0.25, 0.3) is 5.91 Å². The monoisotopic (exact) mass is 507 g/mol. The summed E-state index contributed by atoms with van der Waals surface area (Å²) < 4.78 is 12.7. The Morgan fingerprint density at radius 1 is 1.24 bits per heavy atom. The maximum atomic E-state index is 13.1. The molecule has 2 aromatic heterocycles. The minimum absolute atomic E-state index is 0.0845. The number of para-hydroxylation sites is 1. The number of carbonyl (C=O) groups is 2. The average Bonchev–Trinajstić information content (AvgIpc) is 3.66. The average molecular weight is 508 g/mol. The van der Waals surface area contributed by atoms with Crippen LogP contribution in [-0.4, -0.2) is 88.8 Å². The van der Waals surface area contributed by atoms with E-state index in [0.717, 1.165) is 13.0 Å². The van der Waals surface area contributed by atoms with Crippen molar-refractivity contribution in [1.29, 1.82) is 0 Å². The van der Waals surface area contributed by atoms with Crippen LogP contribution in [0.4, 0.5) is 22.0 Å². The van der Waals surface area contributed by atoms with Crippen molar-refractivity contribution in [1.82, 2.24) is 35.2 Å². The minimum atomic E-state index is -0.418. The van der Waals surface area contributed by atoms with Gasteiger partial charge in [0.15, 0.2) is 23.1 Å². The van der Waals surface area contributed by atoms with Crippen LogP contribution in [0.2, 0.25) is 0 Å². The molecule has 1 aromatic carbocycles. The molecule has 13 heteroatoms. The molecule has 0 bridgehead atoms. The summed E-state index contributed by atoms with van der Waals surface area (Å²) in [6, 6.07) is 7.01. The highest BCUT2D eigenvalue weighted by molar-refractivity contribution is 6.00.